The van der Waals surface area contributed by atoms with Crippen LogP contribution in [0.4, 0.5) is 0 Å². The van der Waals surface area contributed by atoms with Gasteiger partial charge in [0.05, 0.1) is 16.4 Å². The van der Waals surface area contributed by atoms with E-state index in [9.17, 15) is 0 Å². The molecular weight excluding hydrogens is 218 g/mol. The zero-order valence-corrected chi connectivity index (χ0v) is 9.08. The Kier molecular flexibility index (Phi) is 1.44. The molecular formula is C12H7N3S. The monoisotopic (exact) mass is 225 g/mol. The Hall–Kier alpha value is -1.94. The van der Waals surface area contributed by atoms with Crippen molar-refractivity contribution in [1.29, 1.82) is 0 Å². The van der Waals surface area contributed by atoms with Gasteiger partial charge in [-0.1, -0.05) is 0 Å². The van der Waals surface area contributed by atoms with E-state index < -0.39 is 0 Å². The van der Waals surface area contributed by atoms with Crippen molar-refractivity contribution in [2.24, 2.45) is 0 Å². The zero-order chi connectivity index (χ0) is 10.5. The van der Waals surface area contributed by atoms with Gasteiger partial charge >= 0.3 is 0 Å². The Morgan fingerprint density at radius 3 is 2.75 bits per heavy atom. The summed E-state index contributed by atoms with van der Waals surface area (Å²) in [6, 6.07) is 4.13. The molecule has 0 amide bonds. The molecule has 3 nitrogen and oxygen atoms in total. The largest absolute Gasteiger partial charge is 0.345 e. The quantitative estimate of drug-likeness (QED) is 0.498. The van der Waals surface area contributed by atoms with Gasteiger partial charge in [0.1, 0.15) is 4.83 Å². The fraction of sp³-hybridized carbons (Fsp3) is 0. The normalized spacial score (nSPS) is 11.8. The lowest BCUT2D eigenvalue weighted by molar-refractivity contribution is 1.35. The molecule has 4 heterocycles. The maximum Gasteiger partial charge on any atom is 0.102 e. The highest BCUT2D eigenvalue weighted by molar-refractivity contribution is 7.25. The van der Waals surface area contributed by atoms with Crippen LogP contribution in [0.3, 0.4) is 0 Å². The summed E-state index contributed by atoms with van der Waals surface area (Å²) in [5.74, 6) is 0. The molecule has 0 atom stereocenters. The standard InChI is InChI=1S/C12H7N3S/c1-3-13-5-9-7(1)11-8-2-4-14-6-10(8)16-12(11)15-9/h1-6,15H. The number of hydrogen-bond donors (Lipinski definition) is 1. The van der Waals surface area contributed by atoms with Gasteiger partial charge in [0.2, 0.25) is 0 Å². The molecule has 4 heteroatoms. The predicted molar refractivity (Wildman–Crippen MR) is 66.8 cm³/mol. The van der Waals surface area contributed by atoms with Crippen molar-refractivity contribution >= 4 is 42.5 Å². The molecule has 0 aromatic carbocycles. The smallest absolute Gasteiger partial charge is 0.102 e. The highest BCUT2D eigenvalue weighted by Gasteiger charge is 2.10. The van der Waals surface area contributed by atoms with E-state index >= 15 is 0 Å². The van der Waals surface area contributed by atoms with E-state index in [2.05, 4.69) is 27.1 Å². The van der Waals surface area contributed by atoms with Gasteiger partial charge in [-0.2, -0.15) is 0 Å². The summed E-state index contributed by atoms with van der Waals surface area (Å²) in [7, 11) is 0. The van der Waals surface area contributed by atoms with Crippen molar-refractivity contribution in [3.63, 3.8) is 0 Å². The van der Waals surface area contributed by atoms with E-state index in [0.717, 1.165) is 5.52 Å². The van der Waals surface area contributed by atoms with Crippen molar-refractivity contribution in [3.8, 4) is 0 Å². The van der Waals surface area contributed by atoms with Gasteiger partial charge in [-0.3, -0.25) is 9.97 Å². The lowest BCUT2D eigenvalue weighted by Crippen LogP contribution is -1.71. The molecule has 4 aromatic heterocycles. The Balaban J connectivity index is 2.38. The van der Waals surface area contributed by atoms with Crippen LogP contribution >= 0.6 is 11.3 Å². The lowest BCUT2D eigenvalue weighted by Gasteiger charge is -1.90. The molecule has 0 aliphatic rings. The molecule has 0 radical (unpaired) electrons. The van der Waals surface area contributed by atoms with Crippen molar-refractivity contribution in [2.75, 3.05) is 0 Å². The number of rotatable bonds is 0. The van der Waals surface area contributed by atoms with Gasteiger partial charge in [0.15, 0.2) is 0 Å². The van der Waals surface area contributed by atoms with Crippen molar-refractivity contribution in [2.45, 2.75) is 0 Å². The van der Waals surface area contributed by atoms with E-state index in [1.807, 2.05) is 24.8 Å². The third-order valence-electron chi connectivity index (χ3n) is 2.83. The predicted octanol–water partition coefficient (Wildman–Crippen LogP) is 3.33. The molecule has 16 heavy (non-hydrogen) atoms. The fourth-order valence-electron chi connectivity index (χ4n) is 2.14. The Morgan fingerprint density at radius 2 is 1.81 bits per heavy atom. The van der Waals surface area contributed by atoms with E-state index in [0.29, 0.717) is 0 Å². The molecule has 0 aliphatic carbocycles. The first-order chi connectivity index (χ1) is 7.93. The molecule has 0 unspecified atom stereocenters. The molecule has 76 valence electrons. The number of nitrogens with one attached hydrogen (secondary N) is 1. The summed E-state index contributed by atoms with van der Waals surface area (Å²) < 4.78 is 1.22. The first kappa shape index (κ1) is 8.24. The minimum absolute atomic E-state index is 1.10. The molecule has 1 N–H and O–H groups in total. The molecule has 4 rings (SSSR count). The average molecular weight is 225 g/mol. The van der Waals surface area contributed by atoms with Crippen molar-refractivity contribution in [1.82, 2.24) is 15.0 Å². The number of hydrogen-bond acceptors (Lipinski definition) is 3. The maximum atomic E-state index is 4.15. The summed E-state index contributed by atoms with van der Waals surface area (Å²) in [6.45, 7) is 0. The average Bonchev–Trinajstić information content (AvgIpc) is 2.83. The topological polar surface area (TPSA) is 41.6 Å². The van der Waals surface area contributed by atoms with E-state index in [1.54, 1.807) is 11.3 Å². The van der Waals surface area contributed by atoms with Crippen LogP contribution in [0.5, 0.6) is 0 Å². The van der Waals surface area contributed by atoms with Crippen LogP contribution in [-0.2, 0) is 0 Å². The number of aromatic nitrogens is 3. The van der Waals surface area contributed by atoms with Gasteiger partial charge < -0.3 is 4.98 Å². The van der Waals surface area contributed by atoms with E-state index in [-0.39, 0.29) is 0 Å². The lowest BCUT2D eigenvalue weighted by atomic mass is 10.2. The Labute approximate surface area is 94.8 Å². The maximum absolute atomic E-state index is 4.15. The minimum atomic E-state index is 1.10. The van der Waals surface area contributed by atoms with Crippen molar-refractivity contribution < 1.29 is 0 Å². The molecule has 0 fully saturated rings. The summed E-state index contributed by atoms with van der Waals surface area (Å²) in [5, 5.41) is 3.80. The Bertz CT molecular complexity index is 747. The molecule has 0 bridgehead atoms. The zero-order valence-electron chi connectivity index (χ0n) is 8.27. The van der Waals surface area contributed by atoms with Crippen LogP contribution in [-0.4, -0.2) is 15.0 Å². The highest BCUT2D eigenvalue weighted by atomic mass is 32.1. The summed E-state index contributed by atoms with van der Waals surface area (Å²) in [5.41, 5.74) is 1.10. The molecule has 0 spiro atoms. The summed E-state index contributed by atoms with van der Waals surface area (Å²) >= 11 is 1.74. The van der Waals surface area contributed by atoms with Gasteiger partial charge in [-0.25, -0.2) is 0 Å². The molecule has 0 saturated carbocycles. The minimum Gasteiger partial charge on any atom is -0.345 e. The van der Waals surface area contributed by atoms with Gasteiger partial charge in [0.25, 0.3) is 0 Å². The first-order valence-corrected chi connectivity index (χ1v) is 5.83. The van der Waals surface area contributed by atoms with Gasteiger partial charge in [-0.15, -0.1) is 11.3 Å². The number of nitrogens with zero attached hydrogens (tertiary/aromatic N) is 2. The van der Waals surface area contributed by atoms with Crippen LogP contribution in [0.2, 0.25) is 0 Å². The molecule has 0 saturated heterocycles. The molecule has 0 aliphatic heterocycles. The summed E-state index contributed by atoms with van der Waals surface area (Å²) in [4.78, 5) is 12.9. The van der Waals surface area contributed by atoms with Crippen molar-refractivity contribution in [3.05, 3.63) is 36.9 Å². The van der Waals surface area contributed by atoms with E-state index in [1.165, 1.54) is 25.7 Å². The molecule has 4 aromatic rings. The second-order valence-electron chi connectivity index (χ2n) is 3.72. The van der Waals surface area contributed by atoms with E-state index in [4.69, 9.17) is 0 Å². The third-order valence-corrected chi connectivity index (χ3v) is 3.89. The number of H-pyrrole nitrogens is 1. The second kappa shape index (κ2) is 2.80. The number of pyridine rings is 2. The summed E-state index contributed by atoms with van der Waals surface area (Å²) in [6.07, 6.45) is 7.46. The SMILES string of the molecule is c1cc2c(cn1)[nH]c1sc3cnccc3c12. The fourth-order valence-corrected chi connectivity index (χ4v) is 3.24. The van der Waals surface area contributed by atoms with Crippen LogP contribution in [0.25, 0.3) is 31.2 Å². The van der Waals surface area contributed by atoms with Gasteiger partial charge in [-0.05, 0) is 12.1 Å². The highest BCUT2D eigenvalue weighted by Crippen LogP contribution is 2.37. The number of fused-ring (bicyclic) bond motifs is 5. The first-order valence-electron chi connectivity index (χ1n) is 5.01. The number of aromatic amines is 1. The van der Waals surface area contributed by atoms with Crippen LogP contribution in [0, 0.1) is 0 Å². The van der Waals surface area contributed by atoms with Gasteiger partial charge in [0, 0.05) is 34.7 Å². The van der Waals surface area contributed by atoms with Crippen LogP contribution in [0.15, 0.2) is 36.9 Å². The third kappa shape index (κ3) is 0.919. The van der Waals surface area contributed by atoms with Crippen LogP contribution in [0.1, 0.15) is 0 Å². The number of thiophene rings is 1. The van der Waals surface area contributed by atoms with Crippen LogP contribution < -0.4 is 0 Å². The second-order valence-corrected chi connectivity index (χ2v) is 4.78. The Morgan fingerprint density at radius 1 is 1.00 bits per heavy atom.